The maximum Gasteiger partial charge on any atom is 0.331 e. The van der Waals surface area contributed by atoms with E-state index >= 15 is 0 Å². The van der Waals surface area contributed by atoms with Gasteiger partial charge >= 0.3 is 5.97 Å². The monoisotopic (exact) mass is 363 g/mol. The van der Waals surface area contributed by atoms with Gasteiger partial charge in [0.25, 0.3) is 5.91 Å². The fraction of sp³-hybridized carbons (Fsp3) is 0.182. The van der Waals surface area contributed by atoms with Gasteiger partial charge in [-0.3, -0.25) is 4.79 Å². The molecule has 0 saturated carbocycles. The Morgan fingerprint density at radius 1 is 1.15 bits per heavy atom. The highest BCUT2D eigenvalue weighted by molar-refractivity contribution is 5.89. The number of fused-ring (bicyclic) bond motifs is 1. The summed E-state index contributed by atoms with van der Waals surface area (Å²) < 4.78 is 10.7. The number of aryl methyl sites for hydroxylation is 1. The molecule has 1 amide bonds. The maximum absolute atomic E-state index is 12.0. The Hall–Kier alpha value is -3.34. The summed E-state index contributed by atoms with van der Waals surface area (Å²) in [5.41, 5.74) is 2.80. The molecule has 0 saturated heterocycles. The Bertz CT molecular complexity index is 936. The molecule has 27 heavy (non-hydrogen) atoms. The summed E-state index contributed by atoms with van der Waals surface area (Å²) in [6, 6.07) is 16.9. The molecule has 0 aliphatic heterocycles. The molecule has 0 bridgehead atoms. The second-order valence-electron chi connectivity index (χ2n) is 6.33. The lowest BCUT2D eigenvalue weighted by Crippen LogP contribution is -2.30. The molecule has 1 N–H and O–H groups in total. The minimum Gasteiger partial charge on any atom is -0.459 e. The highest BCUT2D eigenvalue weighted by atomic mass is 16.5. The largest absolute Gasteiger partial charge is 0.459 e. The molecule has 138 valence electrons. The van der Waals surface area contributed by atoms with Crippen LogP contribution in [0.1, 0.15) is 29.9 Å². The van der Waals surface area contributed by atoms with Crippen molar-refractivity contribution in [1.29, 1.82) is 0 Å². The standard InChI is InChI=1S/C22H21NO4/c1-15-7-9-17(10-8-15)11-12-22(25)26-14-21(24)23-16(2)20-13-18-5-3-4-6-19(18)27-20/h3-13,16H,14H2,1-2H3,(H,23,24)/b12-11+/t16-/m0/s1. The van der Waals surface area contributed by atoms with Crippen LogP contribution in [0.3, 0.4) is 0 Å². The van der Waals surface area contributed by atoms with Gasteiger partial charge in [0.15, 0.2) is 6.61 Å². The Balaban J connectivity index is 1.48. The lowest BCUT2D eigenvalue weighted by Gasteiger charge is -2.11. The van der Waals surface area contributed by atoms with Gasteiger partial charge < -0.3 is 14.5 Å². The Morgan fingerprint density at radius 2 is 1.89 bits per heavy atom. The van der Waals surface area contributed by atoms with Crippen molar-refractivity contribution in [2.24, 2.45) is 0 Å². The van der Waals surface area contributed by atoms with Crippen LogP contribution in [0.4, 0.5) is 0 Å². The summed E-state index contributed by atoms with van der Waals surface area (Å²) in [6.45, 7) is 3.46. The molecular formula is C22H21NO4. The third-order valence-electron chi connectivity index (χ3n) is 4.08. The van der Waals surface area contributed by atoms with Gasteiger partial charge in [-0.1, -0.05) is 48.0 Å². The second kappa shape index (κ2) is 8.36. The first kappa shape index (κ1) is 18.5. The third kappa shape index (κ3) is 5.07. The summed E-state index contributed by atoms with van der Waals surface area (Å²) in [4.78, 5) is 23.8. The zero-order valence-electron chi connectivity index (χ0n) is 15.3. The number of carbonyl (C=O) groups excluding carboxylic acids is 2. The van der Waals surface area contributed by atoms with Gasteiger partial charge in [-0.25, -0.2) is 4.79 Å². The Kier molecular flexibility index (Phi) is 5.71. The van der Waals surface area contributed by atoms with Gasteiger partial charge in [0.1, 0.15) is 11.3 Å². The SMILES string of the molecule is Cc1ccc(/C=C/C(=O)OCC(=O)N[C@@H](C)c2cc3ccccc3o2)cc1. The summed E-state index contributed by atoms with van der Waals surface area (Å²) in [7, 11) is 0. The smallest absolute Gasteiger partial charge is 0.331 e. The molecule has 1 heterocycles. The number of benzene rings is 2. The van der Waals surface area contributed by atoms with E-state index in [1.807, 2.05) is 68.4 Å². The van der Waals surface area contributed by atoms with Crippen molar-refractivity contribution in [1.82, 2.24) is 5.32 Å². The fourth-order valence-corrected chi connectivity index (χ4v) is 2.60. The van der Waals surface area contributed by atoms with Gasteiger partial charge in [-0.05, 0) is 37.6 Å². The molecule has 3 rings (SSSR count). The predicted octanol–water partition coefficient (Wildman–Crippen LogP) is 4.18. The average Bonchev–Trinajstić information content (AvgIpc) is 3.10. The molecule has 0 unspecified atom stereocenters. The van der Waals surface area contributed by atoms with Crippen molar-refractivity contribution >= 4 is 28.9 Å². The molecular weight excluding hydrogens is 342 g/mol. The minimum atomic E-state index is -0.567. The van der Waals surface area contributed by atoms with Gasteiger partial charge in [0.05, 0.1) is 6.04 Å². The molecule has 0 spiro atoms. The van der Waals surface area contributed by atoms with Crippen LogP contribution in [0.2, 0.25) is 0 Å². The number of hydrogen-bond donors (Lipinski definition) is 1. The number of rotatable bonds is 6. The normalized spacial score (nSPS) is 12.2. The van der Waals surface area contributed by atoms with Crippen LogP contribution in [0, 0.1) is 6.92 Å². The van der Waals surface area contributed by atoms with E-state index in [-0.39, 0.29) is 18.6 Å². The van der Waals surface area contributed by atoms with Crippen LogP contribution >= 0.6 is 0 Å². The van der Waals surface area contributed by atoms with Gasteiger partial charge in [0, 0.05) is 11.5 Å². The minimum absolute atomic E-state index is 0.327. The maximum atomic E-state index is 12.0. The van der Waals surface area contributed by atoms with Crippen LogP contribution in [0.5, 0.6) is 0 Å². The topological polar surface area (TPSA) is 68.5 Å². The molecule has 5 nitrogen and oxygen atoms in total. The van der Waals surface area contributed by atoms with Gasteiger partial charge in [-0.2, -0.15) is 0 Å². The molecule has 1 atom stereocenters. The molecule has 5 heteroatoms. The van der Waals surface area contributed by atoms with Crippen molar-refractivity contribution in [3.8, 4) is 0 Å². The van der Waals surface area contributed by atoms with Gasteiger partial charge in [0.2, 0.25) is 0 Å². The van der Waals surface area contributed by atoms with E-state index in [9.17, 15) is 9.59 Å². The highest BCUT2D eigenvalue weighted by Gasteiger charge is 2.15. The number of nitrogens with one attached hydrogen (secondary N) is 1. The average molecular weight is 363 g/mol. The zero-order chi connectivity index (χ0) is 19.2. The second-order valence-corrected chi connectivity index (χ2v) is 6.33. The van der Waals surface area contributed by atoms with E-state index < -0.39 is 5.97 Å². The molecule has 0 aliphatic carbocycles. The summed E-state index contributed by atoms with van der Waals surface area (Å²) in [5, 5.41) is 3.73. The van der Waals surface area contributed by atoms with Crippen molar-refractivity contribution in [2.45, 2.75) is 19.9 Å². The van der Waals surface area contributed by atoms with Crippen LogP contribution in [-0.4, -0.2) is 18.5 Å². The summed E-state index contributed by atoms with van der Waals surface area (Å²) >= 11 is 0. The van der Waals surface area contributed by atoms with E-state index in [2.05, 4.69) is 5.32 Å². The van der Waals surface area contributed by atoms with Crippen molar-refractivity contribution in [2.75, 3.05) is 6.61 Å². The molecule has 0 radical (unpaired) electrons. The first-order valence-electron chi connectivity index (χ1n) is 8.70. The third-order valence-corrected chi connectivity index (χ3v) is 4.08. The Labute approximate surface area is 157 Å². The number of furan rings is 1. The van der Waals surface area contributed by atoms with Crippen LogP contribution in [0.15, 0.2) is 65.1 Å². The summed E-state index contributed by atoms with van der Waals surface area (Å²) in [6.07, 6.45) is 2.96. The van der Waals surface area contributed by atoms with Crippen LogP contribution in [-0.2, 0) is 14.3 Å². The number of para-hydroxylation sites is 1. The van der Waals surface area contributed by atoms with E-state index in [1.54, 1.807) is 6.08 Å². The van der Waals surface area contributed by atoms with Gasteiger partial charge in [-0.15, -0.1) is 0 Å². The quantitative estimate of drug-likeness (QED) is 0.527. The number of amides is 1. The zero-order valence-corrected chi connectivity index (χ0v) is 15.3. The number of carbonyl (C=O) groups is 2. The van der Waals surface area contributed by atoms with Crippen molar-refractivity contribution in [3.63, 3.8) is 0 Å². The van der Waals surface area contributed by atoms with E-state index in [4.69, 9.17) is 9.15 Å². The molecule has 1 aromatic heterocycles. The lowest BCUT2D eigenvalue weighted by molar-refractivity contribution is -0.144. The number of hydrogen-bond acceptors (Lipinski definition) is 4. The number of ether oxygens (including phenoxy) is 1. The van der Waals surface area contributed by atoms with Crippen LogP contribution < -0.4 is 5.32 Å². The molecule has 0 fully saturated rings. The first-order chi connectivity index (χ1) is 13.0. The Morgan fingerprint density at radius 3 is 2.63 bits per heavy atom. The fourth-order valence-electron chi connectivity index (χ4n) is 2.60. The van der Waals surface area contributed by atoms with Crippen molar-refractivity contribution < 1.29 is 18.7 Å². The van der Waals surface area contributed by atoms with Crippen LogP contribution in [0.25, 0.3) is 17.0 Å². The molecule has 0 aliphatic rings. The molecule has 2 aromatic carbocycles. The first-order valence-corrected chi connectivity index (χ1v) is 8.70. The van der Waals surface area contributed by atoms with Crippen molar-refractivity contribution in [3.05, 3.63) is 77.6 Å². The van der Waals surface area contributed by atoms with E-state index in [0.717, 1.165) is 22.1 Å². The lowest BCUT2D eigenvalue weighted by atomic mass is 10.1. The summed E-state index contributed by atoms with van der Waals surface area (Å²) in [5.74, 6) is -0.308. The predicted molar refractivity (Wildman–Crippen MR) is 104 cm³/mol. The van der Waals surface area contributed by atoms with E-state index in [0.29, 0.717) is 5.76 Å². The van der Waals surface area contributed by atoms with E-state index in [1.165, 1.54) is 6.08 Å². The highest BCUT2D eigenvalue weighted by Crippen LogP contribution is 2.23. The number of esters is 1. The molecule has 3 aromatic rings.